The van der Waals surface area contributed by atoms with Crippen LogP contribution in [0.2, 0.25) is 0 Å². The number of hydrogen-bond acceptors (Lipinski definition) is 2. The second kappa shape index (κ2) is 5.53. The lowest BCUT2D eigenvalue weighted by Gasteiger charge is -2.21. The third kappa shape index (κ3) is 2.72. The molecule has 0 saturated carbocycles. The molecule has 0 bridgehead atoms. The lowest BCUT2D eigenvalue weighted by Crippen LogP contribution is -2.44. The highest BCUT2D eigenvalue weighted by Crippen LogP contribution is 2.19. The van der Waals surface area contributed by atoms with Crippen LogP contribution >= 0.6 is 0 Å². The van der Waals surface area contributed by atoms with E-state index >= 15 is 0 Å². The normalized spacial score (nSPS) is 24.8. The first-order chi connectivity index (χ1) is 8.59. The lowest BCUT2D eigenvalue weighted by atomic mass is 10.00. The van der Waals surface area contributed by atoms with E-state index < -0.39 is 0 Å². The van der Waals surface area contributed by atoms with Gasteiger partial charge in [0.05, 0.1) is 12.1 Å². The predicted molar refractivity (Wildman–Crippen MR) is 73.3 cm³/mol. The van der Waals surface area contributed by atoms with Gasteiger partial charge in [0.15, 0.2) is 0 Å². The van der Waals surface area contributed by atoms with Crippen LogP contribution in [-0.2, 0) is 4.79 Å². The number of carbonyl (C=O) groups excluding carboxylic acids is 1. The van der Waals surface area contributed by atoms with E-state index in [2.05, 4.69) is 36.6 Å². The fraction of sp³-hybridized carbons (Fsp3) is 0.533. The van der Waals surface area contributed by atoms with Gasteiger partial charge in [-0.05, 0) is 43.9 Å². The molecular weight excluding hydrogens is 224 g/mol. The van der Waals surface area contributed by atoms with Gasteiger partial charge in [-0.15, -0.1) is 0 Å². The number of carbonyl (C=O) groups is 1. The zero-order valence-corrected chi connectivity index (χ0v) is 11.4. The van der Waals surface area contributed by atoms with Gasteiger partial charge in [-0.3, -0.25) is 4.79 Å². The zero-order valence-electron chi connectivity index (χ0n) is 11.4. The molecule has 1 aromatic carbocycles. The second-order valence-electron chi connectivity index (χ2n) is 5.28. The highest BCUT2D eigenvalue weighted by molar-refractivity contribution is 5.82. The van der Waals surface area contributed by atoms with Crippen LogP contribution in [-0.4, -0.2) is 18.5 Å². The van der Waals surface area contributed by atoms with E-state index in [9.17, 15) is 4.79 Å². The maximum Gasteiger partial charge on any atom is 0.237 e. The highest BCUT2D eigenvalue weighted by Gasteiger charge is 2.29. The number of nitrogens with one attached hydrogen (secondary N) is 2. The third-order valence-corrected chi connectivity index (χ3v) is 3.83. The van der Waals surface area contributed by atoms with Gasteiger partial charge in [0.2, 0.25) is 5.91 Å². The number of aryl methyl sites for hydroxylation is 1. The maximum atomic E-state index is 12.2. The van der Waals surface area contributed by atoms with E-state index in [-0.39, 0.29) is 18.0 Å². The molecule has 18 heavy (non-hydrogen) atoms. The number of hydrogen-bond donors (Lipinski definition) is 2. The van der Waals surface area contributed by atoms with E-state index in [1.165, 1.54) is 11.1 Å². The van der Waals surface area contributed by atoms with Gasteiger partial charge in [-0.2, -0.15) is 0 Å². The van der Waals surface area contributed by atoms with Crippen molar-refractivity contribution in [2.24, 2.45) is 5.92 Å². The molecule has 3 unspecified atom stereocenters. The van der Waals surface area contributed by atoms with E-state index in [0.29, 0.717) is 5.92 Å². The van der Waals surface area contributed by atoms with E-state index in [1.54, 1.807) is 0 Å². The molecule has 0 aliphatic carbocycles. The smallest absolute Gasteiger partial charge is 0.237 e. The van der Waals surface area contributed by atoms with Crippen molar-refractivity contribution in [1.82, 2.24) is 10.6 Å². The third-order valence-electron chi connectivity index (χ3n) is 3.83. The van der Waals surface area contributed by atoms with Gasteiger partial charge in [-0.1, -0.05) is 31.2 Å². The summed E-state index contributed by atoms with van der Waals surface area (Å²) >= 11 is 0. The van der Waals surface area contributed by atoms with Gasteiger partial charge in [0.1, 0.15) is 0 Å². The molecule has 3 atom stereocenters. The Morgan fingerprint density at radius 1 is 1.44 bits per heavy atom. The van der Waals surface area contributed by atoms with Crippen molar-refractivity contribution in [1.29, 1.82) is 0 Å². The standard InChI is InChI=1S/C15H22N2O/c1-10-6-4-5-7-13(10)12(3)17-15(18)14-11(2)8-9-16-14/h4-7,11-12,14,16H,8-9H2,1-3H3,(H,17,18). The zero-order chi connectivity index (χ0) is 13.1. The van der Waals surface area contributed by atoms with Gasteiger partial charge >= 0.3 is 0 Å². The summed E-state index contributed by atoms with van der Waals surface area (Å²) in [5, 5.41) is 6.37. The molecule has 0 aromatic heterocycles. The van der Waals surface area contributed by atoms with Crippen molar-refractivity contribution in [3.05, 3.63) is 35.4 Å². The predicted octanol–water partition coefficient (Wildman–Crippen LogP) is 2.17. The van der Waals surface area contributed by atoms with Crippen molar-refractivity contribution in [3.8, 4) is 0 Å². The summed E-state index contributed by atoms with van der Waals surface area (Å²) in [5.74, 6) is 0.546. The SMILES string of the molecule is Cc1ccccc1C(C)NC(=O)C1NCCC1C. The fourth-order valence-corrected chi connectivity index (χ4v) is 2.64. The van der Waals surface area contributed by atoms with Crippen LogP contribution in [0.25, 0.3) is 0 Å². The van der Waals surface area contributed by atoms with Crippen molar-refractivity contribution in [2.45, 2.75) is 39.3 Å². The van der Waals surface area contributed by atoms with Gasteiger partial charge in [-0.25, -0.2) is 0 Å². The second-order valence-corrected chi connectivity index (χ2v) is 5.28. The summed E-state index contributed by atoms with van der Waals surface area (Å²) in [6.45, 7) is 7.19. The quantitative estimate of drug-likeness (QED) is 0.858. The Labute approximate surface area is 109 Å². The van der Waals surface area contributed by atoms with Crippen molar-refractivity contribution in [3.63, 3.8) is 0 Å². The molecular formula is C15H22N2O. The molecule has 1 saturated heterocycles. The van der Waals surface area contributed by atoms with Crippen molar-refractivity contribution < 1.29 is 4.79 Å². The first-order valence-corrected chi connectivity index (χ1v) is 6.69. The minimum Gasteiger partial charge on any atom is -0.348 e. The minimum atomic E-state index is -0.0310. The van der Waals surface area contributed by atoms with Crippen molar-refractivity contribution >= 4 is 5.91 Å². The van der Waals surface area contributed by atoms with Gasteiger partial charge in [0.25, 0.3) is 0 Å². The Morgan fingerprint density at radius 3 is 2.78 bits per heavy atom. The van der Waals surface area contributed by atoms with Crippen LogP contribution in [0.4, 0.5) is 0 Å². The molecule has 0 radical (unpaired) electrons. The molecule has 0 spiro atoms. The monoisotopic (exact) mass is 246 g/mol. The van der Waals surface area contributed by atoms with Gasteiger partial charge < -0.3 is 10.6 Å². The van der Waals surface area contributed by atoms with Crippen molar-refractivity contribution in [2.75, 3.05) is 6.54 Å². The van der Waals surface area contributed by atoms with Crippen LogP contribution in [0.15, 0.2) is 24.3 Å². The van der Waals surface area contributed by atoms with E-state index in [0.717, 1.165) is 13.0 Å². The Balaban J connectivity index is 2.01. The Kier molecular flexibility index (Phi) is 4.02. The molecule has 1 amide bonds. The summed E-state index contributed by atoms with van der Waals surface area (Å²) < 4.78 is 0. The Bertz CT molecular complexity index is 430. The summed E-state index contributed by atoms with van der Waals surface area (Å²) in [5.41, 5.74) is 2.41. The number of benzene rings is 1. The van der Waals surface area contributed by atoms with Crippen LogP contribution in [0.5, 0.6) is 0 Å². The summed E-state index contributed by atoms with van der Waals surface area (Å²) in [4.78, 5) is 12.2. The molecule has 1 fully saturated rings. The molecule has 2 N–H and O–H groups in total. The van der Waals surface area contributed by atoms with Crippen LogP contribution in [0.1, 0.15) is 37.4 Å². The molecule has 1 aromatic rings. The Morgan fingerprint density at radius 2 is 2.17 bits per heavy atom. The van der Waals surface area contributed by atoms with E-state index in [1.807, 2.05) is 19.1 Å². The molecule has 1 heterocycles. The molecule has 2 rings (SSSR count). The Hall–Kier alpha value is -1.35. The van der Waals surface area contributed by atoms with E-state index in [4.69, 9.17) is 0 Å². The highest BCUT2D eigenvalue weighted by atomic mass is 16.2. The minimum absolute atomic E-state index is 0.0310. The molecule has 1 aliphatic heterocycles. The average molecular weight is 246 g/mol. The largest absolute Gasteiger partial charge is 0.348 e. The first kappa shape index (κ1) is 13.1. The van der Waals surface area contributed by atoms with Crippen LogP contribution in [0, 0.1) is 12.8 Å². The number of rotatable bonds is 3. The van der Waals surface area contributed by atoms with Crippen LogP contribution in [0.3, 0.4) is 0 Å². The molecule has 3 heteroatoms. The number of amides is 1. The molecule has 98 valence electrons. The first-order valence-electron chi connectivity index (χ1n) is 6.69. The summed E-state index contributed by atoms with van der Waals surface area (Å²) in [6.07, 6.45) is 1.08. The average Bonchev–Trinajstić information content (AvgIpc) is 2.76. The molecule has 1 aliphatic rings. The fourth-order valence-electron chi connectivity index (χ4n) is 2.64. The van der Waals surface area contributed by atoms with Gasteiger partial charge in [0, 0.05) is 0 Å². The molecule has 3 nitrogen and oxygen atoms in total. The van der Waals surface area contributed by atoms with Crippen LogP contribution < -0.4 is 10.6 Å². The lowest BCUT2D eigenvalue weighted by molar-refractivity contribution is -0.124. The topological polar surface area (TPSA) is 41.1 Å². The summed E-state index contributed by atoms with van der Waals surface area (Å²) in [7, 11) is 0. The summed E-state index contributed by atoms with van der Waals surface area (Å²) in [6, 6.07) is 8.22. The maximum absolute atomic E-state index is 12.2.